The highest BCUT2D eigenvalue weighted by Gasteiger charge is 2.01. The van der Waals surface area contributed by atoms with Gasteiger partial charge in [0.15, 0.2) is 6.21 Å². The second-order valence-electron chi connectivity index (χ2n) is 4.77. The minimum Gasteiger partial charge on any atom is -0.618 e. The SMILES string of the molecule is [O-]/[N+](=C\c1ccc(Cn2ccnc2)cc1)c1ccccc1. The van der Waals surface area contributed by atoms with Gasteiger partial charge >= 0.3 is 0 Å². The molecule has 0 bridgehead atoms. The zero-order valence-corrected chi connectivity index (χ0v) is 11.5. The molecule has 0 spiro atoms. The van der Waals surface area contributed by atoms with Gasteiger partial charge in [0.25, 0.3) is 0 Å². The van der Waals surface area contributed by atoms with Gasteiger partial charge in [0, 0.05) is 36.6 Å². The van der Waals surface area contributed by atoms with Gasteiger partial charge < -0.3 is 9.77 Å². The largest absolute Gasteiger partial charge is 0.618 e. The van der Waals surface area contributed by atoms with Crippen molar-refractivity contribution >= 4 is 11.9 Å². The lowest BCUT2D eigenvalue weighted by atomic mass is 10.1. The Hall–Kier alpha value is -2.88. The molecule has 3 rings (SSSR count). The fourth-order valence-electron chi connectivity index (χ4n) is 2.09. The fraction of sp³-hybridized carbons (Fsp3) is 0.0588. The summed E-state index contributed by atoms with van der Waals surface area (Å²) in [5.41, 5.74) is 2.67. The molecule has 4 heteroatoms. The zero-order chi connectivity index (χ0) is 14.5. The number of hydrogen-bond donors (Lipinski definition) is 0. The van der Waals surface area contributed by atoms with Gasteiger partial charge in [-0.1, -0.05) is 30.3 Å². The topological polar surface area (TPSA) is 43.9 Å². The number of imidazole rings is 1. The summed E-state index contributed by atoms with van der Waals surface area (Å²) in [6.07, 6.45) is 7.05. The first-order chi connectivity index (χ1) is 10.3. The van der Waals surface area contributed by atoms with Gasteiger partial charge in [-0.25, -0.2) is 4.98 Å². The third-order valence-corrected chi connectivity index (χ3v) is 3.18. The van der Waals surface area contributed by atoms with Crippen LogP contribution in [0.15, 0.2) is 73.3 Å². The summed E-state index contributed by atoms with van der Waals surface area (Å²) >= 11 is 0. The third kappa shape index (κ3) is 3.36. The van der Waals surface area contributed by atoms with Crippen LogP contribution in [0.4, 0.5) is 5.69 Å². The maximum absolute atomic E-state index is 12.0. The lowest BCUT2D eigenvalue weighted by Crippen LogP contribution is -2.00. The number of nitrogens with zero attached hydrogens (tertiary/aromatic N) is 3. The minimum atomic E-state index is 0.625. The van der Waals surface area contributed by atoms with Crippen molar-refractivity contribution in [3.63, 3.8) is 0 Å². The molecule has 21 heavy (non-hydrogen) atoms. The molecule has 0 aliphatic rings. The van der Waals surface area contributed by atoms with Crippen LogP contribution in [0.25, 0.3) is 0 Å². The van der Waals surface area contributed by atoms with Crippen molar-refractivity contribution in [2.75, 3.05) is 0 Å². The smallest absolute Gasteiger partial charge is 0.216 e. The summed E-state index contributed by atoms with van der Waals surface area (Å²) < 4.78 is 2.88. The van der Waals surface area contributed by atoms with E-state index in [0.29, 0.717) is 5.69 Å². The molecule has 1 aromatic heterocycles. The summed E-state index contributed by atoms with van der Waals surface area (Å²) in [4.78, 5) is 4.02. The van der Waals surface area contributed by atoms with Gasteiger partial charge in [0.1, 0.15) is 0 Å². The minimum absolute atomic E-state index is 0.625. The molecule has 0 amide bonds. The molecule has 0 fully saturated rings. The van der Waals surface area contributed by atoms with Crippen molar-refractivity contribution in [2.24, 2.45) is 0 Å². The van der Waals surface area contributed by atoms with E-state index in [-0.39, 0.29) is 0 Å². The highest BCUT2D eigenvalue weighted by Crippen LogP contribution is 2.10. The van der Waals surface area contributed by atoms with Crippen molar-refractivity contribution in [3.05, 3.63) is 89.7 Å². The van der Waals surface area contributed by atoms with Gasteiger partial charge in [-0.15, -0.1) is 0 Å². The van der Waals surface area contributed by atoms with E-state index in [1.54, 1.807) is 30.9 Å². The van der Waals surface area contributed by atoms with Crippen molar-refractivity contribution in [2.45, 2.75) is 6.54 Å². The number of benzene rings is 2. The molecule has 0 aliphatic heterocycles. The van der Waals surface area contributed by atoms with Crippen LogP contribution in [0.5, 0.6) is 0 Å². The summed E-state index contributed by atoms with van der Waals surface area (Å²) in [7, 11) is 0. The first kappa shape index (κ1) is 13.1. The molecule has 0 N–H and O–H groups in total. The van der Waals surface area contributed by atoms with Gasteiger partial charge in [-0.3, -0.25) is 0 Å². The van der Waals surface area contributed by atoms with Crippen LogP contribution in [0, 0.1) is 5.21 Å². The van der Waals surface area contributed by atoms with Gasteiger partial charge in [-0.2, -0.15) is 4.74 Å². The zero-order valence-electron chi connectivity index (χ0n) is 11.5. The molecule has 0 atom stereocenters. The number of hydrogen-bond acceptors (Lipinski definition) is 2. The van der Waals surface area contributed by atoms with E-state index in [0.717, 1.165) is 16.8 Å². The molecule has 2 aromatic carbocycles. The van der Waals surface area contributed by atoms with Crippen LogP contribution >= 0.6 is 0 Å². The Morgan fingerprint density at radius 3 is 2.48 bits per heavy atom. The molecule has 0 unspecified atom stereocenters. The summed E-state index contributed by atoms with van der Waals surface area (Å²) in [6, 6.07) is 17.1. The first-order valence-electron chi connectivity index (χ1n) is 6.72. The van der Waals surface area contributed by atoms with E-state index >= 15 is 0 Å². The van der Waals surface area contributed by atoms with Crippen LogP contribution in [-0.4, -0.2) is 20.5 Å². The predicted molar refractivity (Wildman–Crippen MR) is 82.7 cm³/mol. The quantitative estimate of drug-likeness (QED) is 0.318. The Labute approximate surface area is 123 Å². The standard InChI is InChI=1S/C17H15N3O/c21-20(17-4-2-1-3-5-17)13-16-8-6-15(7-9-16)12-19-11-10-18-14-19/h1-11,13-14H,12H2/b20-13-. The fourth-order valence-corrected chi connectivity index (χ4v) is 2.09. The number of rotatable bonds is 4. The van der Waals surface area contributed by atoms with E-state index in [4.69, 9.17) is 0 Å². The number of aromatic nitrogens is 2. The molecule has 0 radical (unpaired) electrons. The van der Waals surface area contributed by atoms with Crippen LogP contribution in [0.2, 0.25) is 0 Å². The van der Waals surface area contributed by atoms with E-state index in [2.05, 4.69) is 4.98 Å². The van der Waals surface area contributed by atoms with Crippen LogP contribution in [-0.2, 0) is 6.54 Å². The molecule has 1 heterocycles. The predicted octanol–water partition coefficient (Wildman–Crippen LogP) is 3.19. The van der Waals surface area contributed by atoms with Crippen LogP contribution in [0.1, 0.15) is 11.1 Å². The molecule has 3 aromatic rings. The average molecular weight is 277 g/mol. The lowest BCUT2D eigenvalue weighted by Gasteiger charge is -2.04. The highest BCUT2D eigenvalue weighted by atomic mass is 16.5. The Balaban J connectivity index is 1.75. The molecular weight excluding hydrogens is 262 g/mol. The van der Waals surface area contributed by atoms with Crippen molar-refractivity contribution < 1.29 is 4.74 Å². The second-order valence-corrected chi connectivity index (χ2v) is 4.77. The maximum Gasteiger partial charge on any atom is 0.216 e. The van der Waals surface area contributed by atoms with E-state index in [9.17, 15) is 5.21 Å². The van der Waals surface area contributed by atoms with Crippen molar-refractivity contribution in [3.8, 4) is 0 Å². The maximum atomic E-state index is 12.0. The van der Waals surface area contributed by atoms with Crippen molar-refractivity contribution in [1.29, 1.82) is 0 Å². The molecule has 4 nitrogen and oxygen atoms in total. The second kappa shape index (κ2) is 6.05. The molecule has 0 saturated carbocycles. The normalized spacial score (nSPS) is 11.5. The summed E-state index contributed by atoms with van der Waals surface area (Å²) in [6.45, 7) is 0.778. The van der Waals surface area contributed by atoms with Crippen LogP contribution in [0.3, 0.4) is 0 Å². The van der Waals surface area contributed by atoms with Gasteiger partial charge in [0.05, 0.1) is 6.33 Å². The average Bonchev–Trinajstić information content (AvgIpc) is 3.03. The van der Waals surface area contributed by atoms with E-state index in [1.807, 2.05) is 53.2 Å². The van der Waals surface area contributed by atoms with E-state index < -0.39 is 0 Å². The first-order valence-corrected chi connectivity index (χ1v) is 6.72. The highest BCUT2D eigenvalue weighted by molar-refractivity contribution is 5.76. The molecule has 0 saturated heterocycles. The van der Waals surface area contributed by atoms with Crippen LogP contribution < -0.4 is 0 Å². The van der Waals surface area contributed by atoms with Crippen molar-refractivity contribution in [1.82, 2.24) is 9.55 Å². The molecular formula is C17H15N3O. The molecule has 0 aliphatic carbocycles. The lowest BCUT2D eigenvalue weighted by molar-refractivity contribution is -0.354. The van der Waals surface area contributed by atoms with Gasteiger partial charge in [-0.05, 0) is 17.7 Å². The van der Waals surface area contributed by atoms with Gasteiger partial charge in [0.2, 0.25) is 5.69 Å². The Morgan fingerprint density at radius 1 is 1.05 bits per heavy atom. The van der Waals surface area contributed by atoms with E-state index in [1.165, 1.54) is 5.56 Å². The number of para-hydroxylation sites is 1. The summed E-state index contributed by atoms with van der Waals surface area (Å²) in [5, 5.41) is 12.0. The Morgan fingerprint density at radius 2 is 1.81 bits per heavy atom. The third-order valence-electron chi connectivity index (χ3n) is 3.18. The Bertz CT molecular complexity index is 716. The monoisotopic (exact) mass is 277 g/mol. The molecule has 104 valence electrons. The summed E-state index contributed by atoms with van der Waals surface area (Å²) in [5.74, 6) is 0. The Kier molecular flexibility index (Phi) is 3.78.